The molecule has 0 atom stereocenters. The Kier molecular flexibility index (Phi) is 3.59. The second-order valence-electron chi connectivity index (χ2n) is 3.59. The van der Waals surface area contributed by atoms with Crippen molar-refractivity contribution in [2.75, 3.05) is 12.5 Å². The van der Waals surface area contributed by atoms with Crippen molar-refractivity contribution in [3.63, 3.8) is 0 Å². The van der Waals surface area contributed by atoms with Crippen LogP contribution in [0.3, 0.4) is 0 Å². The summed E-state index contributed by atoms with van der Waals surface area (Å²) in [5, 5.41) is 0. The number of hydrogen-bond donors (Lipinski definition) is 2. The lowest BCUT2D eigenvalue weighted by Gasteiger charge is -2.07. The lowest BCUT2D eigenvalue weighted by molar-refractivity contribution is 0.412. The molecule has 0 aliphatic carbocycles. The first-order valence-corrected chi connectivity index (χ1v) is 5.35. The molecule has 18 heavy (non-hydrogen) atoms. The normalized spacial score (nSPS) is 9.94. The van der Waals surface area contributed by atoms with Gasteiger partial charge in [-0.05, 0) is 31.2 Å². The van der Waals surface area contributed by atoms with Gasteiger partial charge in [-0.15, -0.1) is 0 Å². The van der Waals surface area contributed by atoms with E-state index >= 15 is 0 Å². The molecule has 1 aromatic heterocycles. The van der Waals surface area contributed by atoms with Crippen LogP contribution >= 0.6 is 0 Å². The van der Waals surface area contributed by atoms with Crippen molar-refractivity contribution < 1.29 is 9.47 Å². The zero-order valence-electron chi connectivity index (χ0n) is 10.2. The molecule has 1 heterocycles. The van der Waals surface area contributed by atoms with Crippen molar-refractivity contribution >= 4 is 5.95 Å². The molecule has 1 aromatic carbocycles. The first-order valence-electron chi connectivity index (χ1n) is 5.35. The number of ether oxygens (including phenoxy) is 2. The predicted octanol–water partition coefficient (Wildman–Crippen LogP) is 1.87. The second-order valence-corrected chi connectivity index (χ2v) is 3.59. The third kappa shape index (κ3) is 2.86. The van der Waals surface area contributed by atoms with E-state index in [1.165, 1.54) is 0 Å². The zero-order valence-corrected chi connectivity index (χ0v) is 10.2. The molecule has 0 saturated heterocycles. The molecule has 0 radical (unpaired) electrons. The van der Waals surface area contributed by atoms with Gasteiger partial charge in [0.1, 0.15) is 11.5 Å². The molecule has 2 aromatic rings. The van der Waals surface area contributed by atoms with E-state index in [9.17, 15) is 0 Å². The first kappa shape index (κ1) is 12.1. The van der Waals surface area contributed by atoms with Gasteiger partial charge in [-0.2, -0.15) is 4.98 Å². The highest BCUT2D eigenvalue weighted by Crippen LogP contribution is 2.23. The van der Waals surface area contributed by atoms with Crippen molar-refractivity contribution in [1.29, 1.82) is 0 Å². The van der Waals surface area contributed by atoms with Crippen LogP contribution in [0.25, 0.3) is 0 Å². The van der Waals surface area contributed by atoms with Gasteiger partial charge in [0.05, 0.1) is 7.11 Å². The Morgan fingerprint density at radius 2 is 1.78 bits per heavy atom. The number of hydrogen-bond acceptors (Lipinski definition) is 6. The fraction of sp³-hybridized carbons (Fsp3) is 0.167. The highest BCUT2D eigenvalue weighted by atomic mass is 16.5. The van der Waals surface area contributed by atoms with Gasteiger partial charge in [-0.25, -0.2) is 10.8 Å². The summed E-state index contributed by atoms with van der Waals surface area (Å²) < 4.78 is 10.7. The van der Waals surface area contributed by atoms with E-state index in [4.69, 9.17) is 15.3 Å². The quantitative estimate of drug-likeness (QED) is 0.633. The van der Waals surface area contributed by atoms with Crippen molar-refractivity contribution in [1.82, 2.24) is 9.97 Å². The number of benzene rings is 1. The van der Waals surface area contributed by atoms with Crippen LogP contribution in [-0.4, -0.2) is 17.1 Å². The van der Waals surface area contributed by atoms with Gasteiger partial charge < -0.3 is 9.47 Å². The predicted molar refractivity (Wildman–Crippen MR) is 67.6 cm³/mol. The fourth-order valence-corrected chi connectivity index (χ4v) is 1.42. The van der Waals surface area contributed by atoms with Crippen LogP contribution in [0, 0.1) is 6.92 Å². The third-order valence-electron chi connectivity index (χ3n) is 2.24. The summed E-state index contributed by atoms with van der Waals surface area (Å²) in [6, 6.07) is 8.94. The highest BCUT2D eigenvalue weighted by molar-refractivity contribution is 5.35. The van der Waals surface area contributed by atoms with Crippen molar-refractivity contribution in [2.24, 2.45) is 5.84 Å². The Morgan fingerprint density at radius 1 is 1.11 bits per heavy atom. The number of hydrazine groups is 1. The van der Waals surface area contributed by atoms with Gasteiger partial charge in [-0.3, -0.25) is 5.43 Å². The van der Waals surface area contributed by atoms with E-state index in [-0.39, 0.29) is 0 Å². The van der Waals surface area contributed by atoms with Gasteiger partial charge in [0, 0.05) is 11.8 Å². The van der Waals surface area contributed by atoms with Crippen molar-refractivity contribution in [3.05, 3.63) is 36.0 Å². The van der Waals surface area contributed by atoms with E-state index in [0.29, 0.717) is 17.6 Å². The number of nitrogens with one attached hydrogen (secondary N) is 1. The molecule has 0 saturated carbocycles. The van der Waals surface area contributed by atoms with Crippen LogP contribution in [0.2, 0.25) is 0 Å². The molecule has 0 amide bonds. The number of nitrogen functional groups attached to an aromatic ring is 1. The number of methoxy groups -OCH3 is 1. The first-order chi connectivity index (χ1) is 8.71. The molecule has 6 heteroatoms. The summed E-state index contributed by atoms with van der Waals surface area (Å²) in [7, 11) is 1.61. The molecular weight excluding hydrogens is 232 g/mol. The van der Waals surface area contributed by atoms with Crippen LogP contribution in [-0.2, 0) is 0 Å². The van der Waals surface area contributed by atoms with Gasteiger partial charge in [0.2, 0.25) is 11.8 Å². The average Bonchev–Trinajstić information content (AvgIpc) is 2.39. The lowest BCUT2D eigenvalue weighted by Crippen LogP contribution is -2.11. The number of aromatic nitrogens is 2. The van der Waals surface area contributed by atoms with E-state index < -0.39 is 0 Å². The Balaban J connectivity index is 2.19. The minimum absolute atomic E-state index is 0.318. The second kappa shape index (κ2) is 5.33. The summed E-state index contributed by atoms with van der Waals surface area (Å²) in [5.41, 5.74) is 3.16. The topological polar surface area (TPSA) is 82.3 Å². The van der Waals surface area contributed by atoms with E-state index in [0.717, 1.165) is 11.4 Å². The van der Waals surface area contributed by atoms with Gasteiger partial charge in [0.25, 0.3) is 0 Å². The molecule has 2 rings (SSSR count). The van der Waals surface area contributed by atoms with Gasteiger partial charge in [-0.1, -0.05) is 0 Å². The van der Waals surface area contributed by atoms with Crippen molar-refractivity contribution in [3.8, 4) is 17.4 Å². The maximum atomic E-state index is 5.60. The summed E-state index contributed by atoms with van der Waals surface area (Å²) in [4.78, 5) is 8.16. The molecule has 0 fully saturated rings. The van der Waals surface area contributed by atoms with Crippen LogP contribution in [0.1, 0.15) is 5.69 Å². The SMILES string of the molecule is COc1ccc(Oc2cc(C)nc(NN)n2)cc1. The highest BCUT2D eigenvalue weighted by Gasteiger charge is 2.03. The monoisotopic (exact) mass is 246 g/mol. The number of nitrogens with two attached hydrogens (primary N) is 1. The Labute approximate surface area is 105 Å². The zero-order chi connectivity index (χ0) is 13.0. The van der Waals surface area contributed by atoms with Crippen LogP contribution in [0.5, 0.6) is 17.4 Å². The van der Waals surface area contributed by atoms with E-state index in [1.54, 1.807) is 25.3 Å². The minimum Gasteiger partial charge on any atom is -0.497 e. The maximum Gasteiger partial charge on any atom is 0.240 e. The summed E-state index contributed by atoms with van der Waals surface area (Å²) in [6.07, 6.45) is 0. The van der Waals surface area contributed by atoms with E-state index in [2.05, 4.69) is 15.4 Å². The Hall–Kier alpha value is -2.34. The fourth-order valence-electron chi connectivity index (χ4n) is 1.42. The Morgan fingerprint density at radius 3 is 2.39 bits per heavy atom. The standard InChI is InChI=1S/C12H14N4O2/c1-8-7-11(15-12(14-8)16-13)18-10-5-3-9(17-2)4-6-10/h3-7H,13H2,1-2H3,(H,14,15,16). The lowest BCUT2D eigenvalue weighted by atomic mass is 10.3. The molecule has 0 aliphatic rings. The number of anilines is 1. The van der Waals surface area contributed by atoms with Crippen LogP contribution < -0.4 is 20.7 Å². The molecule has 0 unspecified atom stereocenters. The smallest absolute Gasteiger partial charge is 0.240 e. The van der Waals surface area contributed by atoms with E-state index in [1.807, 2.05) is 19.1 Å². The molecule has 6 nitrogen and oxygen atoms in total. The van der Waals surface area contributed by atoms with Crippen molar-refractivity contribution in [2.45, 2.75) is 6.92 Å². The molecule has 94 valence electrons. The largest absolute Gasteiger partial charge is 0.497 e. The maximum absolute atomic E-state index is 5.60. The third-order valence-corrected chi connectivity index (χ3v) is 2.24. The molecule has 0 spiro atoms. The summed E-state index contributed by atoms with van der Waals surface area (Å²) in [6.45, 7) is 1.84. The minimum atomic E-state index is 0.318. The molecular formula is C12H14N4O2. The molecule has 0 bridgehead atoms. The molecule has 0 aliphatic heterocycles. The Bertz CT molecular complexity index is 528. The van der Waals surface area contributed by atoms with Gasteiger partial charge >= 0.3 is 0 Å². The van der Waals surface area contributed by atoms with Gasteiger partial charge in [0.15, 0.2) is 0 Å². The number of nitrogens with zero attached hydrogens (tertiary/aromatic N) is 2. The van der Waals surface area contributed by atoms with Crippen LogP contribution in [0.4, 0.5) is 5.95 Å². The number of aryl methyl sites for hydroxylation is 1. The number of rotatable bonds is 4. The summed E-state index contributed by atoms with van der Waals surface area (Å²) >= 11 is 0. The molecule has 3 N–H and O–H groups in total. The average molecular weight is 246 g/mol. The summed E-state index contributed by atoms with van der Waals surface area (Å²) in [5.74, 6) is 7.45. The van der Waals surface area contributed by atoms with Crippen LogP contribution in [0.15, 0.2) is 30.3 Å².